The molecule has 0 saturated heterocycles. The average Bonchev–Trinajstić information content (AvgIpc) is 2.47. The van der Waals surface area contributed by atoms with Crippen molar-refractivity contribution in [1.29, 1.82) is 0 Å². The smallest absolute Gasteiger partial charge is 0.258 e. The molecule has 1 rings (SSSR count). The lowest BCUT2D eigenvalue weighted by Gasteiger charge is -2.37. The SMILES string of the molecule is C=CCCCC1C=CN(C(C)(C)C)B1C. The highest BCUT2D eigenvalue weighted by atomic mass is 15.1. The fourth-order valence-corrected chi connectivity index (χ4v) is 2.38. The van der Waals surface area contributed by atoms with Gasteiger partial charge in [0.2, 0.25) is 0 Å². The van der Waals surface area contributed by atoms with E-state index < -0.39 is 0 Å². The predicted octanol–water partition coefficient (Wildman–Crippen LogP) is 3.96. The van der Waals surface area contributed by atoms with Crippen LogP contribution < -0.4 is 0 Å². The molecular weight excluding hydrogens is 181 g/mol. The lowest BCUT2D eigenvalue weighted by molar-refractivity contribution is 0.326. The molecule has 0 aliphatic carbocycles. The second kappa shape index (κ2) is 4.91. The Labute approximate surface area is 95.3 Å². The Bertz CT molecular complexity index is 239. The number of hydrogen-bond acceptors (Lipinski definition) is 1. The van der Waals surface area contributed by atoms with Crippen LogP contribution >= 0.6 is 0 Å². The molecule has 15 heavy (non-hydrogen) atoms. The number of nitrogens with zero attached hydrogens (tertiary/aromatic N) is 1. The van der Waals surface area contributed by atoms with Crippen molar-refractivity contribution in [3.8, 4) is 0 Å². The largest absolute Gasteiger partial charge is 0.416 e. The molecule has 0 N–H and O–H groups in total. The van der Waals surface area contributed by atoms with Gasteiger partial charge < -0.3 is 4.81 Å². The minimum absolute atomic E-state index is 0.253. The van der Waals surface area contributed by atoms with Gasteiger partial charge in [-0.25, -0.2) is 0 Å². The normalized spacial score (nSPS) is 21.2. The summed E-state index contributed by atoms with van der Waals surface area (Å²) in [5, 5.41) is 0. The number of rotatable bonds is 4. The lowest BCUT2D eigenvalue weighted by Crippen LogP contribution is -2.44. The van der Waals surface area contributed by atoms with Gasteiger partial charge in [-0.05, 0) is 45.6 Å². The molecule has 0 saturated carbocycles. The first-order chi connectivity index (χ1) is 6.96. The molecule has 0 aromatic rings. The molecule has 0 spiro atoms. The molecular formula is C13H24BN. The Morgan fingerprint density at radius 2 is 2.13 bits per heavy atom. The van der Waals surface area contributed by atoms with Crippen LogP contribution in [-0.4, -0.2) is 17.2 Å². The van der Waals surface area contributed by atoms with Crippen molar-refractivity contribution in [2.24, 2.45) is 0 Å². The summed E-state index contributed by atoms with van der Waals surface area (Å²) in [5.41, 5.74) is 0.253. The molecule has 2 heteroatoms. The molecule has 0 aromatic carbocycles. The number of hydrogen-bond donors (Lipinski definition) is 0. The van der Waals surface area contributed by atoms with Crippen LogP contribution in [0.15, 0.2) is 24.9 Å². The van der Waals surface area contributed by atoms with Gasteiger partial charge in [0.15, 0.2) is 0 Å². The third kappa shape index (κ3) is 3.15. The summed E-state index contributed by atoms with van der Waals surface area (Å²) in [6.07, 6.45) is 10.4. The molecule has 1 unspecified atom stereocenters. The van der Waals surface area contributed by atoms with Gasteiger partial charge in [0, 0.05) is 5.54 Å². The zero-order chi connectivity index (χ0) is 11.5. The standard InChI is InChI=1S/C13H24BN/c1-6-7-8-9-12-10-11-15(14(12)5)13(2,3)4/h6,10-12H,1,7-9H2,2-5H3. The van der Waals surface area contributed by atoms with E-state index in [2.05, 4.69) is 51.3 Å². The Balaban J connectivity index is 2.46. The fourth-order valence-electron chi connectivity index (χ4n) is 2.38. The van der Waals surface area contributed by atoms with Crippen LogP contribution in [0.1, 0.15) is 40.0 Å². The molecule has 1 aliphatic heterocycles. The van der Waals surface area contributed by atoms with Crippen molar-refractivity contribution in [3.63, 3.8) is 0 Å². The van der Waals surface area contributed by atoms with Crippen molar-refractivity contribution in [3.05, 3.63) is 24.9 Å². The Morgan fingerprint density at radius 3 is 2.60 bits per heavy atom. The number of unbranched alkanes of at least 4 members (excludes halogenated alkanes) is 1. The van der Waals surface area contributed by atoms with E-state index in [4.69, 9.17) is 0 Å². The van der Waals surface area contributed by atoms with Crippen LogP contribution in [0, 0.1) is 0 Å². The van der Waals surface area contributed by atoms with Crippen molar-refractivity contribution in [2.75, 3.05) is 0 Å². The molecule has 0 fully saturated rings. The summed E-state index contributed by atoms with van der Waals surface area (Å²) in [6, 6.07) is 0. The summed E-state index contributed by atoms with van der Waals surface area (Å²) in [6.45, 7) is 13.6. The summed E-state index contributed by atoms with van der Waals surface area (Å²) in [4.78, 5) is 2.48. The maximum atomic E-state index is 3.77. The number of allylic oxidation sites excluding steroid dienone is 2. The molecule has 1 aliphatic rings. The first-order valence-corrected chi connectivity index (χ1v) is 6.04. The van der Waals surface area contributed by atoms with Gasteiger partial charge >= 0.3 is 0 Å². The average molecular weight is 205 g/mol. The minimum atomic E-state index is 0.253. The van der Waals surface area contributed by atoms with Gasteiger partial charge in [0.25, 0.3) is 6.85 Å². The molecule has 0 bridgehead atoms. The van der Waals surface area contributed by atoms with E-state index in [9.17, 15) is 0 Å². The highest BCUT2D eigenvalue weighted by Crippen LogP contribution is 2.33. The highest BCUT2D eigenvalue weighted by Gasteiger charge is 2.34. The molecule has 0 amide bonds. The van der Waals surface area contributed by atoms with Gasteiger partial charge in [0.05, 0.1) is 0 Å². The fraction of sp³-hybridized carbons (Fsp3) is 0.692. The quantitative estimate of drug-likeness (QED) is 0.381. The van der Waals surface area contributed by atoms with Crippen molar-refractivity contribution >= 4 is 6.85 Å². The van der Waals surface area contributed by atoms with Crippen LogP contribution in [0.4, 0.5) is 0 Å². The minimum Gasteiger partial charge on any atom is -0.416 e. The van der Waals surface area contributed by atoms with Crippen molar-refractivity contribution in [1.82, 2.24) is 4.81 Å². The topological polar surface area (TPSA) is 3.24 Å². The van der Waals surface area contributed by atoms with Crippen LogP contribution in [0.2, 0.25) is 12.6 Å². The van der Waals surface area contributed by atoms with Gasteiger partial charge in [-0.3, -0.25) is 0 Å². The van der Waals surface area contributed by atoms with Gasteiger partial charge in [-0.2, -0.15) is 0 Å². The summed E-state index contributed by atoms with van der Waals surface area (Å²) < 4.78 is 0. The summed E-state index contributed by atoms with van der Waals surface area (Å²) in [7, 11) is 0. The molecule has 1 atom stereocenters. The van der Waals surface area contributed by atoms with Crippen LogP contribution in [0.25, 0.3) is 0 Å². The van der Waals surface area contributed by atoms with E-state index in [-0.39, 0.29) is 5.54 Å². The molecule has 1 nitrogen and oxygen atoms in total. The van der Waals surface area contributed by atoms with Gasteiger partial charge in [0.1, 0.15) is 0 Å². The van der Waals surface area contributed by atoms with Crippen molar-refractivity contribution in [2.45, 2.75) is 58.2 Å². The molecule has 84 valence electrons. The van der Waals surface area contributed by atoms with Gasteiger partial charge in [-0.1, -0.05) is 25.4 Å². The zero-order valence-corrected chi connectivity index (χ0v) is 10.7. The first-order valence-electron chi connectivity index (χ1n) is 6.04. The second-order valence-corrected chi connectivity index (χ2v) is 5.54. The highest BCUT2D eigenvalue weighted by molar-refractivity contribution is 6.58. The van der Waals surface area contributed by atoms with E-state index in [0.29, 0.717) is 6.85 Å². The second-order valence-electron chi connectivity index (χ2n) is 5.54. The van der Waals surface area contributed by atoms with E-state index >= 15 is 0 Å². The summed E-state index contributed by atoms with van der Waals surface area (Å²) >= 11 is 0. The monoisotopic (exact) mass is 205 g/mol. The van der Waals surface area contributed by atoms with Crippen LogP contribution in [-0.2, 0) is 0 Å². The van der Waals surface area contributed by atoms with E-state index in [1.54, 1.807) is 0 Å². The zero-order valence-electron chi connectivity index (χ0n) is 10.7. The third-order valence-corrected chi connectivity index (χ3v) is 3.27. The van der Waals surface area contributed by atoms with E-state index in [1.807, 2.05) is 6.08 Å². The maximum Gasteiger partial charge on any atom is 0.258 e. The maximum absolute atomic E-state index is 3.77. The molecule has 0 radical (unpaired) electrons. The van der Waals surface area contributed by atoms with E-state index in [0.717, 1.165) is 12.2 Å². The first kappa shape index (κ1) is 12.4. The van der Waals surface area contributed by atoms with Gasteiger partial charge in [-0.15, -0.1) is 6.58 Å². The van der Waals surface area contributed by atoms with Crippen molar-refractivity contribution < 1.29 is 0 Å². The lowest BCUT2D eigenvalue weighted by atomic mass is 9.51. The Morgan fingerprint density at radius 1 is 1.47 bits per heavy atom. The summed E-state index contributed by atoms with van der Waals surface area (Å²) in [5.74, 6) is 0.726. The third-order valence-electron chi connectivity index (χ3n) is 3.27. The molecule has 0 aromatic heterocycles. The Kier molecular flexibility index (Phi) is 4.07. The van der Waals surface area contributed by atoms with Crippen LogP contribution in [0.5, 0.6) is 0 Å². The molecule has 1 heterocycles. The predicted molar refractivity (Wildman–Crippen MR) is 70.1 cm³/mol. The van der Waals surface area contributed by atoms with Crippen LogP contribution in [0.3, 0.4) is 0 Å². The Hall–Kier alpha value is -0.655. The van der Waals surface area contributed by atoms with E-state index in [1.165, 1.54) is 12.8 Å².